The smallest absolute Gasteiger partial charge is 0.326 e. The molecule has 0 aliphatic rings. The molecule has 0 spiro atoms. The van der Waals surface area contributed by atoms with E-state index in [-0.39, 0.29) is 6.03 Å². The predicted molar refractivity (Wildman–Crippen MR) is 84.1 cm³/mol. The van der Waals surface area contributed by atoms with Crippen molar-refractivity contribution in [2.75, 3.05) is 22.5 Å². The molecular formula is C16H19N3O. The SMILES string of the molecule is CCN(C(=O)Nc1cccc(C)c1)c1ccccc1N. The summed E-state index contributed by atoms with van der Waals surface area (Å²) in [5, 5.41) is 2.89. The van der Waals surface area contributed by atoms with Crippen molar-refractivity contribution in [2.24, 2.45) is 0 Å². The molecule has 0 radical (unpaired) electrons. The Hall–Kier alpha value is -2.49. The third-order valence-corrected chi connectivity index (χ3v) is 3.06. The van der Waals surface area contributed by atoms with Crippen LogP contribution in [0, 0.1) is 6.92 Å². The summed E-state index contributed by atoms with van der Waals surface area (Å²) in [5.74, 6) is 0. The number of nitrogens with zero attached hydrogens (tertiary/aromatic N) is 1. The first-order valence-corrected chi connectivity index (χ1v) is 6.61. The Morgan fingerprint density at radius 1 is 1.20 bits per heavy atom. The highest BCUT2D eigenvalue weighted by Crippen LogP contribution is 2.23. The normalized spacial score (nSPS) is 10.1. The number of anilines is 3. The molecule has 2 amide bonds. The highest BCUT2D eigenvalue weighted by molar-refractivity contribution is 6.03. The van der Waals surface area contributed by atoms with Gasteiger partial charge in [0.2, 0.25) is 0 Å². The first kappa shape index (κ1) is 13.9. The van der Waals surface area contributed by atoms with E-state index in [1.54, 1.807) is 11.0 Å². The van der Waals surface area contributed by atoms with Crippen molar-refractivity contribution in [3.05, 3.63) is 54.1 Å². The van der Waals surface area contributed by atoms with Gasteiger partial charge in [-0.1, -0.05) is 24.3 Å². The fraction of sp³-hybridized carbons (Fsp3) is 0.188. The van der Waals surface area contributed by atoms with Crippen LogP contribution >= 0.6 is 0 Å². The van der Waals surface area contributed by atoms with Crippen LogP contribution in [0.2, 0.25) is 0 Å². The second-order valence-corrected chi connectivity index (χ2v) is 4.60. The number of nitrogens with two attached hydrogens (primary N) is 1. The topological polar surface area (TPSA) is 58.4 Å². The number of hydrogen-bond donors (Lipinski definition) is 2. The van der Waals surface area contributed by atoms with Gasteiger partial charge in [-0.05, 0) is 43.7 Å². The van der Waals surface area contributed by atoms with Crippen LogP contribution in [0.5, 0.6) is 0 Å². The summed E-state index contributed by atoms with van der Waals surface area (Å²) in [5.41, 5.74) is 9.13. The molecule has 0 saturated carbocycles. The van der Waals surface area contributed by atoms with E-state index in [9.17, 15) is 4.79 Å². The second kappa shape index (κ2) is 6.10. The molecule has 0 unspecified atom stereocenters. The van der Waals surface area contributed by atoms with Gasteiger partial charge in [-0.15, -0.1) is 0 Å². The summed E-state index contributed by atoms with van der Waals surface area (Å²) in [6, 6.07) is 14.9. The lowest BCUT2D eigenvalue weighted by Gasteiger charge is -2.23. The van der Waals surface area contributed by atoms with Crippen LogP contribution in [0.4, 0.5) is 21.9 Å². The molecule has 0 saturated heterocycles. The van der Waals surface area contributed by atoms with E-state index in [0.29, 0.717) is 12.2 Å². The first-order valence-electron chi connectivity index (χ1n) is 6.61. The van der Waals surface area contributed by atoms with Gasteiger partial charge in [-0.2, -0.15) is 0 Å². The lowest BCUT2D eigenvalue weighted by molar-refractivity contribution is 0.257. The van der Waals surface area contributed by atoms with E-state index in [2.05, 4.69) is 5.32 Å². The fourth-order valence-corrected chi connectivity index (χ4v) is 2.07. The molecule has 20 heavy (non-hydrogen) atoms. The average Bonchev–Trinajstić information content (AvgIpc) is 2.41. The molecular weight excluding hydrogens is 250 g/mol. The van der Waals surface area contributed by atoms with Crippen molar-refractivity contribution in [1.29, 1.82) is 0 Å². The van der Waals surface area contributed by atoms with Gasteiger partial charge in [0.05, 0.1) is 11.4 Å². The fourth-order valence-electron chi connectivity index (χ4n) is 2.07. The van der Waals surface area contributed by atoms with Gasteiger partial charge < -0.3 is 11.1 Å². The number of nitrogen functional groups attached to an aromatic ring is 1. The van der Waals surface area contributed by atoms with Gasteiger partial charge in [0.1, 0.15) is 0 Å². The second-order valence-electron chi connectivity index (χ2n) is 4.60. The van der Waals surface area contributed by atoms with Crippen LogP contribution in [0.3, 0.4) is 0 Å². The molecule has 0 heterocycles. The van der Waals surface area contributed by atoms with E-state index in [1.807, 2.05) is 56.3 Å². The van der Waals surface area contributed by atoms with E-state index in [4.69, 9.17) is 5.73 Å². The third-order valence-electron chi connectivity index (χ3n) is 3.06. The van der Waals surface area contributed by atoms with Gasteiger partial charge >= 0.3 is 6.03 Å². The minimum absolute atomic E-state index is 0.184. The van der Waals surface area contributed by atoms with Crippen molar-refractivity contribution in [1.82, 2.24) is 0 Å². The number of para-hydroxylation sites is 2. The summed E-state index contributed by atoms with van der Waals surface area (Å²) in [6.45, 7) is 4.45. The molecule has 4 nitrogen and oxygen atoms in total. The number of benzene rings is 2. The number of rotatable bonds is 3. The maximum absolute atomic E-state index is 12.4. The number of amides is 2. The molecule has 0 aromatic heterocycles. The summed E-state index contributed by atoms with van der Waals surface area (Å²) in [6.07, 6.45) is 0. The summed E-state index contributed by atoms with van der Waals surface area (Å²) < 4.78 is 0. The molecule has 2 aromatic carbocycles. The Morgan fingerprint density at radius 2 is 1.95 bits per heavy atom. The molecule has 0 fully saturated rings. The number of nitrogens with one attached hydrogen (secondary N) is 1. The molecule has 4 heteroatoms. The lowest BCUT2D eigenvalue weighted by atomic mass is 10.2. The number of carbonyl (C=O) groups excluding carboxylic acids is 1. The zero-order chi connectivity index (χ0) is 14.5. The molecule has 0 atom stereocenters. The first-order chi connectivity index (χ1) is 9.61. The molecule has 2 aromatic rings. The van der Waals surface area contributed by atoms with E-state index in [1.165, 1.54) is 0 Å². The van der Waals surface area contributed by atoms with Crippen molar-refractivity contribution in [3.8, 4) is 0 Å². The van der Waals surface area contributed by atoms with Crippen LogP contribution in [0.25, 0.3) is 0 Å². The van der Waals surface area contributed by atoms with Gasteiger partial charge in [0.15, 0.2) is 0 Å². The third kappa shape index (κ3) is 3.09. The Kier molecular flexibility index (Phi) is 4.25. The predicted octanol–water partition coefficient (Wildman–Crippen LogP) is 3.64. The number of aryl methyl sites for hydroxylation is 1. The number of urea groups is 1. The highest BCUT2D eigenvalue weighted by atomic mass is 16.2. The minimum Gasteiger partial charge on any atom is -0.397 e. The van der Waals surface area contributed by atoms with Crippen LogP contribution in [-0.2, 0) is 0 Å². The molecule has 104 valence electrons. The van der Waals surface area contributed by atoms with Crippen LogP contribution in [-0.4, -0.2) is 12.6 Å². The largest absolute Gasteiger partial charge is 0.397 e. The van der Waals surface area contributed by atoms with Crippen LogP contribution in [0.1, 0.15) is 12.5 Å². The summed E-state index contributed by atoms with van der Waals surface area (Å²) >= 11 is 0. The van der Waals surface area contributed by atoms with Gasteiger partial charge in [-0.3, -0.25) is 4.90 Å². The molecule has 0 bridgehead atoms. The van der Waals surface area contributed by atoms with Crippen molar-refractivity contribution >= 4 is 23.1 Å². The molecule has 0 aliphatic heterocycles. The summed E-state index contributed by atoms with van der Waals surface area (Å²) in [7, 11) is 0. The maximum atomic E-state index is 12.4. The van der Waals surface area contributed by atoms with Crippen LogP contribution in [0.15, 0.2) is 48.5 Å². The molecule has 3 N–H and O–H groups in total. The minimum atomic E-state index is -0.184. The Balaban J connectivity index is 2.20. The van der Waals surface area contributed by atoms with Crippen molar-refractivity contribution < 1.29 is 4.79 Å². The zero-order valence-corrected chi connectivity index (χ0v) is 11.8. The molecule has 0 aliphatic carbocycles. The highest BCUT2D eigenvalue weighted by Gasteiger charge is 2.15. The zero-order valence-electron chi connectivity index (χ0n) is 11.8. The average molecular weight is 269 g/mol. The lowest BCUT2D eigenvalue weighted by Crippen LogP contribution is -2.35. The maximum Gasteiger partial charge on any atom is 0.326 e. The van der Waals surface area contributed by atoms with E-state index >= 15 is 0 Å². The van der Waals surface area contributed by atoms with E-state index in [0.717, 1.165) is 16.9 Å². The van der Waals surface area contributed by atoms with E-state index < -0.39 is 0 Å². The Morgan fingerprint density at radius 3 is 2.60 bits per heavy atom. The van der Waals surface area contributed by atoms with Gasteiger partial charge in [0, 0.05) is 12.2 Å². The quantitative estimate of drug-likeness (QED) is 0.836. The summed E-state index contributed by atoms with van der Waals surface area (Å²) in [4.78, 5) is 14.0. The number of hydrogen-bond acceptors (Lipinski definition) is 2. The van der Waals surface area contributed by atoms with Crippen molar-refractivity contribution in [2.45, 2.75) is 13.8 Å². The van der Waals surface area contributed by atoms with Crippen molar-refractivity contribution in [3.63, 3.8) is 0 Å². The Labute approximate surface area is 119 Å². The standard InChI is InChI=1S/C16H19N3O/c1-3-19(15-10-5-4-9-14(15)17)16(20)18-13-8-6-7-12(2)11-13/h4-11H,3,17H2,1-2H3,(H,18,20). The monoisotopic (exact) mass is 269 g/mol. The van der Waals surface area contributed by atoms with Crippen LogP contribution < -0.4 is 16.0 Å². The molecule has 2 rings (SSSR count). The number of carbonyl (C=O) groups is 1. The Bertz CT molecular complexity index is 610. The van der Waals surface area contributed by atoms with Gasteiger partial charge in [0.25, 0.3) is 0 Å². The van der Waals surface area contributed by atoms with Gasteiger partial charge in [-0.25, -0.2) is 4.79 Å².